The number of hydrogen-bond donors (Lipinski definition) is 3. The minimum atomic E-state index is -0.484. The van der Waals surface area contributed by atoms with Crippen molar-refractivity contribution < 1.29 is 23.9 Å². The predicted octanol–water partition coefficient (Wildman–Crippen LogP) is -0.248. The molecule has 27 heavy (non-hydrogen) atoms. The van der Waals surface area contributed by atoms with Gasteiger partial charge in [-0.15, -0.1) is 0 Å². The van der Waals surface area contributed by atoms with Crippen LogP contribution in [0.1, 0.15) is 43.7 Å². The van der Waals surface area contributed by atoms with Crippen LogP contribution in [0, 0.1) is 6.92 Å². The third kappa shape index (κ3) is 13.8. The summed E-state index contributed by atoms with van der Waals surface area (Å²) < 4.78 is 1.71. The fourth-order valence-electron chi connectivity index (χ4n) is 1.60. The van der Waals surface area contributed by atoms with Crippen LogP contribution in [0.15, 0.2) is 42.8 Å². The maximum atomic E-state index is 10.9. The monoisotopic (exact) mass is 376 g/mol. The van der Waals surface area contributed by atoms with Gasteiger partial charge in [0.25, 0.3) is 5.91 Å². The Morgan fingerprint density at radius 1 is 1.15 bits per heavy atom. The second-order valence-electron chi connectivity index (χ2n) is 5.37. The normalized spacial score (nSPS) is 10.2. The molecule has 0 aliphatic rings. The summed E-state index contributed by atoms with van der Waals surface area (Å²) in [6.45, 7) is 13.0. The van der Waals surface area contributed by atoms with Crippen LogP contribution in [0.3, 0.4) is 0 Å². The number of allylic oxidation sites excluding steroid dienone is 2. The Morgan fingerprint density at radius 3 is 2.19 bits per heavy atom. The van der Waals surface area contributed by atoms with Gasteiger partial charge in [-0.05, 0) is 12.1 Å². The van der Waals surface area contributed by atoms with E-state index in [0.29, 0.717) is 17.8 Å². The molecule has 0 aliphatic heterocycles. The number of primary amides is 1. The number of Topliss-reactive ketones (excluding diaryl/α,β-unsaturated/α-hetero) is 2. The summed E-state index contributed by atoms with van der Waals surface area (Å²) in [6, 6.07) is 3.41. The highest BCUT2D eigenvalue weighted by Crippen LogP contribution is 1.96. The van der Waals surface area contributed by atoms with E-state index >= 15 is 0 Å². The van der Waals surface area contributed by atoms with Gasteiger partial charge in [-0.25, -0.2) is 4.99 Å². The van der Waals surface area contributed by atoms with Crippen LogP contribution in [0.25, 0.3) is 0 Å². The second-order valence-corrected chi connectivity index (χ2v) is 5.37. The molecule has 148 valence electrons. The van der Waals surface area contributed by atoms with Crippen LogP contribution in [0.5, 0.6) is 0 Å². The first-order valence-corrected chi connectivity index (χ1v) is 8.61. The largest absolute Gasteiger partial charge is 0.399 e. The number of carbonyl (C=O) groups excluding carboxylic acids is 3. The van der Waals surface area contributed by atoms with Gasteiger partial charge in [0.05, 0.1) is 0 Å². The number of hydrogen-bond acceptors (Lipinski definition) is 4. The van der Waals surface area contributed by atoms with Crippen molar-refractivity contribution >= 4 is 23.7 Å². The van der Waals surface area contributed by atoms with Crippen molar-refractivity contribution in [2.24, 2.45) is 11.5 Å². The fourth-order valence-corrected chi connectivity index (χ4v) is 1.60. The van der Waals surface area contributed by atoms with Gasteiger partial charge in [0.1, 0.15) is 5.56 Å². The van der Waals surface area contributed by atoms with Crippen LogP contribution < -0.4 is 21.0 Å². The lowest BCUT2D eigenvalue weighted by Gasteiger charge is -1.99. The van der Waals surface area contributed by atoms with E-state index in [1.165, 1.54) is 19.9 Å². The molecular weight excluding hydrogens is 344 g/mol. The third-order valence-corrected chi connectivity index (χ3v) is 2.91. The molecule has 0 saturated carbocycles. The zero-order valence-electron chi connectivity index (χ0n) is 16.9. The van der Waals surface area contributed by atoms with E-state index in [4.69, 9.17) is 11.5 Å². The Balaban J connectivity index is 0. The third-order valence-electron chi connectivity index (χ3n) is 2.91. The molecule has 1 aromatic rings. The maximum absolute atomic E-state index is 10.9. The predicted molar refractivity (Wildman–Crippen MR) is 107 cm³/mol. The highest BCUT2D eigenvalue weighted by atomic mass is 16.1. The Hall–Kier alpha value is -3.09. The summed E-state index contributed by atoms with van der Waals surface area (Å²) in [5.74, 6) is -0.353. The highest BCUT2D eigenvalue weighted by Gasteiger charge is 2.12. The molecule has 1 heterocycles. The molecule has 0 bridgehead atoms. The number of ketones is 2. The summed E-state index contributed by atoms with van der Waals surface area (Å²) in [5, 5.41) is 0. The minimum Gasteiger partial charge on any atom is -0.399 e. The maximum Gasteiger partial charge on any atom is 0.254 e. The lowest BCUT2D eigenvalue weighted by atomic mass is 10.2. The average Bonchev–Trinajstić information content (AvgIpc) is 2.62. The van der Waals surface area contributed by atoms with Crippen LogP contribution in [0.4, 0.5) is 0 Å². The van der Waals surface area contributed by atoms with E-state index in [1.54, 1.807) is 35.2 Å². The van der Waals surface area contributed by atoms with E-state index in [-0.39, 0.29) is 18.1 Å². The van der Waals surface area contributed by atoms with Crippen LogP contribution in [0.2, 0.25) is 0 Å². The molecule has 7 nitrogen and oxygen atoms in total. The van der Waals surface area contributed by atoms with Crippen molar-refractivity contribution in [1.29, 1.82) is 0 Å². The zero-order chi connectivity index (χ0) is 21.4. The number of pyridine rings is 1. The van der Waals surface area contributed by atoms with E-state index in [1.807, 2.05) is 20.8 Å². The van der Waals surface area contributed by atoms with Crippen LogP contribution in [-0.4, -0.2) is 30.2 Å². The molecule has 0 atom stereocenters. The van der Waals surface area contributed by atoms with E-state index in [9.17, 15) is 14.4 Å². The number of aryl methyl sites for hydroxylation is 1. The molecule has 1 rings (SSSR count). The quantitative estimate of drug-likeness (QED) is 0.345. The van der Waals surface area contributed by atoms with Crippen molar-refractivity contribution in [2.45, 2.75) is 41.2 Å². The van der Waals surface area contributed by atoms with Gasteiger partial charge in [-0.3, -0.25) is 14.4 Å². The molecule has 0 radical (unpaired) electrons. The molecule has 1 aromatic heterocycles. The number of nitrogens with one attached hydrogen (secondary N) is 1. The molecule has 0 spiro atoms. The van der Waals surface area contributed by atoms with Crippen molar-refractivity contribution in [3.63, 3.8) is 0 Å². The Kier molecular flexibility index (Phi) is 14.7. The number of nitrogens with two attached hydrogens (primary N) is 2. The van der Waals surface area contributed by atoms with E-state index in [2.05, 4.69) is 11.6 Å². The highest BCUT2D eigenvalue weighted by molar-refractivity contribution is 5.92. The lowest BCUT2D eigenvalue weighted by Crippen LogP contribution is -2.70. The molecule has 0 aliphatic carbocycles. The molecule has 0 fully saturated rings. The summed E-state index contributed by atoms with van der Waals surface area (Å²) in [4.78, 5) is 35.0. The number of amides is 1. The molecule has 0 aromatic carbocycles. The van der Waals surface area contributed by atoms with Crippen molar-refractivity contribution in [1.82, 2.24) is 0 Å². The second kappa shape index (κ2) is 15.2. The van der Waals surface area contributed by atoms with Gasteiger partial charge in [0.2, 0.25) is 6.54 Å². The fraction of sp³-hybridized carbons (Fsp3) is 0.350. The summed E-state index contributed by atoms with van der Waals surface area (Å²) in [5.41, 5.74) is 12.4. The molecular formula is C20H32N4O3+2. The molecule has 5 N–H and O–H groups in total. The van der Waals surface area contributed by atoms with Gasteiger partial charge < -0.3 is 11.5 Å². The first-order valence-electron chi connectivity index (χ1n) is 8.61. The van der Waals surface area contributed by atoms with Gasteiger partial charge in [-0.2, -0.15) is 4.57 Å². The smallest absolute Gasteiger partial charge is 0.254 e. The molecule has 1 amide bonds. The number of nitrogens with zero attached hydrogens (tertiary/aromatic N) is 1. The Bertz CT molecular complexity index is 707. The van der Waals surface area contributed by atoms with Crippen molar-refractivity contribution in [3.05, 3.63) is 54.0 Å². The van der Waals surface area contributed by atoms with Crippen molar-refractivity contribution in [2.75, 3.05) is 6.54 Å². The first kappa shape index (κ1) is 26.1. The van der Waals surface area contributed by atoms with E-state index < -0.39 is 5.91 Å². The average molecular weight is 377 g/mol. The van der Waals surface area contributed by atoms with Crippen molar-refractivity contribution in [3.8, 4) is 0 Å². The SMILES string of the molecule is C=C/C(N)=C\C=[NH+]CC(C)=O.CC.CC(=O)C[n+]1cc(C(N)=O)ccc1C. The van der Waals surface area contributed by atoms with E-state index in [0.717, 1.165) is 5.69 Å². The van der Waals surface area contributed by atoms with Crippen LogP contribution >= 0.6 is 0 Å². The van der Waals surface area contributed by atoms with Gasteiger partial charge in [0, 0.05) is 38.6 Å². The number of rotatable bonds is 7. The Labute approximate surface area is 161 Å². The van der Waals surface area contributed by atoms with Gasteiger partial charge in [0.15, 0.2) is 36.2 Å². The van der Waals surface area contributed by atoms with Crippen LogP contribution in [-0.2, 0) is 16.1 Å². The zero-order valence-corrected chi connectivity index (χ0v) is 16.9. The molecule has 7 heteroatoms. The summed E-state index contributed by atoms with van der Waals surface area (Å²) in [7, 11) is 0. The lowest BCUT2D eigenvalue weighted by molar-refractivity contribution is -0.690. The molecule has 0 unspecified atom stereocenters. The van der Waals surface area contributed by atoms with Gasteiger partial charge in [-0.1, -0.05) is 20.4 Å². The van der Waals surface area contributed by atoms with Gasteiger partial charge >= 0.3 is 0 Å². The number of carbonyl (C=O) groups is 3. The number of aromatic nitrogens is 1. The first-order chi connectivity index (χ1) is 12.7. The minimum absolute atomic E-state index is 0.0414. The summed E-state index contributed by atoms with van der Waals surface area (Å²) >= 11 is 0. The standard InChI is InChI=1S/C10H12N2O2.C8H12N2O.C2H6/c1-7-3-4-9(10(11)14)6-12(7)5-8(2)13;1-3-8(9)4-5-10-6-7(2)11;1-2/h3-4,6H,5H2,1-2H3,(H-,11,14);3-5H,1,6,9H2,2H3;1-2H3/p+2/b;8-4+,10-5?;. The molecule has 0 saturated heterocycles. The Morgan fingerprint density at radius 2 is 1.74 bits per heavy atom. The topological polar surface area (TPSA) is 121 Å². The summed E-state index contributed by atoms with van der Waals surface area (Å²) in [6.07, 6.45) is 6.40.